The molecule has 0 atom stereocenters. The van der Waals surface area contributed by atoms with Gasteiger partial charge in [0, 0.05) is 35.4 Å². The molecule has 0 N–H and O–H groups in total. The van der Waals surface area contributed by atoms with Gasteiger partial charge in [0.15, 0.2) is 0 Å². The van der Waals surface area contributed by atoms with Crippen LogP contribution in [-0.2, 0) is 42.1 Å². The van der Waals surface area contributed by atoms with Crippen LogP contribution in [0.3, 0.4) is 0 Å². The number of fused-ring (bicyclic) bond motifs is 3. The van der Waals surface area contributed by atoms with E-state index < -0.39 is 0 Å². The number of hydrogen-bond donors (Lipinski definition) is 0. The molecule has 10 heteroatoms. The zero-order valence-corrected chi connectivity index (χ0v) is 39.0. The first-order chi connectivity index (χ1) is 29.9. The standard InChI is InChI=1S/C53H36N6O2.2Pt/c1-33-11-15-37(16-12-33)51-35(3)25-39(45-9-5-7-23-55-45)27-49(51)60-41-19-21-43-44-22-20-42(30-48(44)59(47(43)29-41)53-57-31-54-32-58-53)61-50-28-40(46-10-6-8-24-56-46)26-36(4)52(50)38-17-13-34(2)14-18-38;;/h5-26,31-32H,1-4H3;;/q-4;2*+2. The molecule has 0 aliphatic heterocycles. The number of benzene rings is 6. The summed E-state index contributed by atoms with van der Waals surface area (Å²) in [4.78, 5) is 22.5. The van der Waals surface area contributed by atoms with Crippen LogP contribution in [0.25, 0.3) is 72.5 Å². The van der Waals surface area contributed by atoms with E-state index in [1.54, 1.807) is 12.4 Å². The maximum atomic E-state index is 6.81. The van der Waals surface area contributed by atoms with Crippen LogP contribution in [-0.4, -0.2) is 29.5 Å². The van der Waals surface area contributed by atoms with E-state index in [-0.39, 0.29) is 42.1 Å². The van der Waals surface area contributed by atoms with Crippen molar-refractivity contribution in [3.63, 3.8) is 0 Å². The van der Waals surface area contributed by atoms with E-state index in [1.807, 2.05) is 65.2 Å². The van der Waals surface area contributed by atoms with Gasteiger partial charge in [0.2, 0.25) is 5.95 Å². The minimum Gasteiger partial charge on any atom is -0.502 e. The van der Waals surface area contributed by atoms with E-state index in [2.05, 4.69) is 138 Å². The number of pyridine rings is 2. The van der Waals surface area contributed by atoms with Crippen LogP contribution in [0.5, 0.6) is 23.0 Å². The molecule has 0 fully saturated rings. The minimum absolute atomic E-state index is 0. The summed E-state index contributed by atoms with van der Waals surface area (Å²) in [6, 6.07) is 54.9. The monoisotopic (exact) mass is 1180 g/mol. The van der Waals surface area contributed by atoms with Crippen molar-refractivity contribution in [1.82, 2.24) is 29.5 Å². The smallest absolute Gasteiger partial charge is 0.502 e. The van der Waals surface area contributed by atoms with E-state index in [0.29, 0.717) is 40.0 Å². The molecular formula is C53H36N6O2Pt2. The van der Waals surface area contributed by atoms with Gasteiger partial charge in [0.05, 0.1) is 0 Å². The summed E-state index contributed by atoms with van der Waals surface area (Å²) in [6.45, 7) is 8.33. The summed E-state index contributed by atoms with van der Waals surface area (Å²) < 4.78 is 15.5. The van der Waals surface area contributed by atoms with E-state index >= 15 is 0 Å². The summed E-state index contributed by atoms with van der Waals surface area (Å²) in [5.74, 6) is 2.51. The second kappa shape index (κ2) is 18.4. The third-order valence-electron chi connectivity index (χ3n) is 10.7. The Bertz CT molecular complexity index is 3020. The zero-order chi connectivity index (χ0) is 41.5. The predicted octanol–water partition coefficient (Wildman–Crippen LogP) is 12.4. The average molecular weight is 1180 g/mol. The topological polar surface area (TPSA) is 87.8 Å². The predicted molar refractivity (Wildman–Crippen MR) is 239 cm³/mol. The molecule has 0 aliphatic rings. The van der Waals surface area contributed by atoms with Crippen LogP contribution in [0.2, 0.25) is 0 Å². The molecule has 0 unspecified atom stereocenters. The molecule has 10 rings (SSSR count). The van der Waals surface area contributed by atoms with E-state index in [4.69, 9.17) is 9.47 Å². The van der Waals surface area contributed by atoms with Gasteiger partial charge >= 0.3 is 42.1 Å². The van der Waals surface area contributed by atoms with Crippen LogP contribution in [0.4, 0.5) is 0 Å². The van der Waals surface area contributed by atoms with Gasteiger partial charge in [-0.3, -0.25) is 0 Å². The number of aryl methyl sites for hydroxylation is 4. The zero-order valence-electron chi connectivity index (χ0n) is 34.5. The van der Waals surface area contributed by atoms with Gasteiger partial charge in [-0.25, -0.2) is 15.0 Å². The third-order valence-corrected chi connectivity index (χ3v) is 10.7. The maximum absolute atomic E-state index is 6.81. The van der Waals surface area contributed by atoms with Crippen molar-refractivity contribution in [2.75, 3.05) is 0 Å². The van der Waals surface area contributed by atoms with Crippen LogP contribution in [0.15, 0.2) is 146 Å². The van der Waals surface area contributed by atoms with E-state index in [0.717, 1.165) is 66.7 Å². The summed E-state index contributed by atoms with van der Waals surface area (Å²) in [5, 5.41) is 1.82. The van der Waals surface area contributed by atoms with Gasteiger partial charge in [-0.05, 0) is 37.4 Å². The number of rotatable bonds is 9. The van der Waals surface area contributed by atoms with E-state index in [9.17, 15) is 0 Å². The van der Waals surface area contributed by atoms with Crippen LogP contribution in [0, 0.1) is 52.0 Å². The Labute approximate surface area is 394 Å². The number of nitrogens with zero attached hydrogens (tertiary/aromatic N) is 6. The number of hydrogen-bond acceptors (Lipinski definition) is 7. The van der Waals surface area contributed by atoms with Crippen molar-refractivity contribution in [2.45, 2.75) is 27.7 Å². The van der Waals surface area contributed by atoms with Gasteiger partial charge in [-0.2, -0.15) is 22.9 Å². The van der Waals surface area contributed by atoms with Gasteiger partial charge in [-0.1, -0.05) is 143 Å². The van der Waals surface area contributed by atoms with Gasteiger partial charge in [-0.15, -0.1) is 58.7 Å². The van der Waals surface area contributed by atoms with Gasteiger partial charge < -0.3 is 24.0 Å². The Morgan fingerprint density at radius 2 is 0.921 bits per heavy atom. The first-order valence-corrected chi connectivity index (χ1v) is 19.9. The van der Waals surface area contributed by atoms with Crippen molar-refractivity contribution in [2.24, 2.45) is 0 Å². The Morgan fingerprint density at radius 1 is 0.476 bits per heavy atom. The molecule has 4 aromatic heterocycles. The van der Waals surface area contributed by atoms with Crippen molar-refractivity contribution in [3.8, 4) is 73.7 Å². The Kier molecular flexibility index (Phi) is 12.6. The second-order valence-electron chi connectivity index (χ2n) is 14.9. The minimum atomic E-state index is 0. The summed E-state index contributed by atoms with van der Waals surface area (Å²) in [7, 11) is 0. The van der Waals surface area contributed by atoms with Crippen LogP contribution < -0.4 is 9.47 Å². The Morgan fingerprint density at radius 3 is 1.33 bits per heavy atom. The summed E-state index contributed by atoms with van der Waals surface area (Å²) in [6.07, 6.45) is 6.52. The molecule has 0 saturated carbocycles. The fraction of sp³-hybridized carbons (Fsp3) is 0.0755. The molecule has 0 radical (unpaired) electrons. The Balaban J connectivity index is 0.00000272. The SMILES string of the molecule is Cc1ccc(-c2c(Oc3[c-]c4c(cc3)c3ccc(Oc5[c-]c(-c6ccccn6)cc(C)c5-c5ccc(C)cc5)[c-]c3n4-c3ncncn3)[c-]c(-c3ccccn3)cc2C)cc1.[Pt+2].[Pt+2]. The Hall–Kier alpha value is -6.59. The summed E-state index contributed by atoms with van der Waals surface area (Å²) in [5.41, 5.74) is 13.0. The van der Waals surface area contributed by atoms with Gasteiger partial charge in [0.1, 0.15) is 12.7 Å². The van der Waals surface area contributed by atoms with Crippen molar-refractivity contribution in [3.05, 3.63) is 193 Å². The first kappa shape index (κ1) is 43.1. The normalized spacial score (nSPS) is 10.9. The van der Waals surface area contributed by atoms with Crippen molar-refractivity contribution < 1.29 is 51.6 Å². The molecule has 0 aliphatic carbocycles. The molecule has 63 heavy (non-hydrogen) atoms. The molecule has 0 bridgehead atoms. The number of ether oxygens (including phenoxy) is 2. The third kappa shape index (κ3) is 8.62. The van der Waals surface area contributed by atoms with Crippen molar-refractivity contribution in [1.29, 1.82) is 0 Å². The molecule has 0 spiro atoms. The van der Waals surface area contributed by atoms with Crippen molar-refractivity contribution >= 4 is 21.8 Å². The fourth-order valence-corrected chi connectivity index (χ4v) is 7.72. The quantitative estimate of drug-likeness (QED) is 0.133. The molecule has 0 saturated heterocycles. The summed E-state index contributed by atoms with van der Waals surface area (Å²) >= 11 is 0. The maximum Gasteiger partial charge on any atom is 2.00 e. The van der Waals surface area contributed by atoms with E-state index in [1.165, 1.54) is 23.8 Å². The van der Waals surface area contributed by atoms with Crippen LogP contribution >= 0.6 is 0 Å². The first-order valence-electron chi connectivity index (χ1n) is 19.9. The molecular weight excluding hydrogens is 1140 g/mol. The molecule has 10 aromatic rings. The molecule has 310 valence electrons. The largest absolute Gasteiger partial charge is 2.00 e. The fourth-order valence-electron chi connectivity index (χ4n) is 7.72. The van der Waals surface area contributed by atoms with Crippen LogP contribution in [0.1, 0.15) is 22.3 Å². The number of aromatic nitrogens is 6. The average Bonchev–Trinajstić information content (AvgIpc) is 3.60. The molecule has 0 amide bonds. The second-order valence-corrected chi connectivity index (χ2v) is 14.9. The molecule has 6 aromatic carbocycles. The molecule has 4 heterocycles. The van der Waals surface area contributed by atoms with Gasteiger partial charge in [0.25, 0.3) is 0 Å². The molecule has 8 nitrogen and oxygen atoms in total.